The second-order valence-corrected chi connectivity index (χ2v) is 5.86. The lowest BCUT2D eigenvalue weighted by Gasteiger charge is -2.24. The molecule has 0 spiro atoms. The molecule has 1 saturated heterocycles. The number of primary amides is 1. The van der Waals surface area contributed by atoms with Crippen LogP contribution in [0.3, 0.4) is 0 Å². The van der Waals surface area contributed by atoms with Gasteiger partial charge in [-0.15, -0.1) is 0 Å². The van der Waals surface area contributed by atoms with Crippen LogP contribution in [-0.4, -0.2) is 47.2 Å². The zero-order chi connectivity index (χ0) is 17.6. The number of urea groups is 1. The van der Waals surface area contributed by atoms with Crippen molar-refractivity contribution in [2.75, 3.05) is 13.1 Å². The summed E-state index contributed by atoms with van der Waals surface area (Å²) in [6.07, 6.45) is 2.04. The number of carbonyl (C=O) groups excluding carboxylic acids is 2. The van der Waals surface area contributed by atoms with Gasteiger partial charge in [-0.2, -0.15) is 5.10 Å². The molecular formula is C19H20N4O2. The average Bonchev–Trinajstić information content (AvgIpc) is 3.00. The highest BCUT2D eigenvalue weighted by Gasteiger charge is 2.36. The van der Waals surface area contributed by atoms with Crippen LogP contribution in [0.25, 0.3) is 0 Å². The molecule has 1 atom stereocenters. The number of nitrogens with zero attached hydrogens (tertiary/aromatic N) is 3. The van der Waals surface area contributed by atoms with Crippen molar-refractivity contribution in [3.63, 3.8) is 0 Å². The second-order valence-electron chi connectivity index (χ2n) is 5.86. The van der Waals surface area contributed by atoms with E-state index < -0.39 is 11.9 Å². The molecule has 25 heavy (non-hydrogen) atoms. The third kappa shape index (κ3) is 4.03. The van der Waals surface area contributed by atoms with Crippen LogP contribution in [0.2, 0.25) is 0 Å². The van der Waals surface area contributed by atoms with Crippen molar-refractivity contribution in [2.24, 2.45) is 10.8 Å². The molecule has 0 unspecified atom stereocenters. The molecule has 0 saturated carbocycles. The van der Waals surface area contributed by atoms with Crippen LogP contribution in [0.5, 0.6) is 0 Å². The number of carbonyl (C=O) groups is 2. The van der Waals surface area contributed by atoms with E-state index in [1.807, 2.05) is 60.7 Å². The third-order valence-corrected chi connectivity index (χ3v) is 4.14. The van der Waals surface area contributed by atoms with Gasteiger partial charge in [0.1, 0.15) is 6.04 Å². The van der Waals surface area contributed by atoms with Crippen molar-refractivity contribution < 1.29 is 9.59 Å². The van der Waals surface area contributed by atoms with E-state index in [0.29, 0.717) is 19.5 Å². The molecule has 2 aromatic carbocycles. The zero-order valence-corrected chi connectivity index (χ0v) is 13.8. The van der Waals surface area contributed by atoms with Gasteiger partial charge in [-0.25, -0.2) is 9.80 Å². The van der Waals surface area contributed by atoms with Gasteiger partial charge in [0, 0.05) is 13.0 Å². The van der Waals surface area contributed by atoms with Gasteiger partial charge < -0.3 is 10.6 Å². The van der Waals surface area contributed by atoms with Gasteiger partial charge >= 0.3 is 6.03 Å². The second kappa shape index (κ2) is 7.61. The molecule has 0 bridgehead atoms. The SMILES string of the molecule is NC(=O)[C@H](Cc1ccccc1)N1CCN(/N=C/c2ccccc2)C1=O. The van der Waals surface area contributed by atoms with E-state index in [9.17, 15) is 9.59 Å². The van der Waals surface area contributed by atoms with Crippen molar-refractivity contribution in [2.45, 2.75) is 12.5 Å². The zero-order valence-electron chi connectivity index (χ0n) is 13.8. The largest absolute Gasteiger partial charge is 0.368 e. The van der Waals surface area contributed by atoms with Gasteiger partial charge in [0.15, 0.2) is 0 Å². The minimum atomic E-state index is -0.674. The predicted octanol–water partition coefficient (Wildman–Crippen LogP) is 1.85. The minimum Gasteiger partial charge on any atom is -0.368 e. The van der Waals surface area contributed by atoms with Crippen LogP contribution >= 0.6 is 0 Å². The number of hydrogen-bond donors (Lipinski definition) is 1. The molecule has 1 fully saturated rings. The van der Waals surface area contributed by atoms with E-state index in [-0.39, 0.29) is 6.03 Å². The maximum absolute atomic E-state index is 12.6. The molecule has 0 aliphatic carbocycles. The van der Waals surface area contributed by atoms with Crippen LogP contribution in [0.15, 0.2) is 65.8 Å². The maximum atomic E-state index is 12.6. The molecule has 0 aromatic heterocycles. The van der Waals surface area contributed by atoms with Crippen molar-refractivity contribution in [1.82, 2.24) is 9.91 Å². The number of nitrogens with two attached hydrogens (primary N) is 1. The summed E-state index contributed by atoms with van der Waals surface area (Å²) >= 11 is 0. The van der Waals surface area contributed by atoms with Crippen molar-refractivity contribution in [1.29, 1.82) is 0 Å². The van der Waals surface area contributed by atoms with Gasteiger partial charge in [0.05, 0.1) is 12.8 Å². The normalized spacial score (nSPS) is 15.8. The van der Waals surface area contributed by atoms with E-state index in [1.165, 1.54) is 9.91 Å². The lowest BCUT2D eigenvalue weighted by Crippen LogP contribution is -2.47. The summed E-state index contributed by atoms with van der Waals surface area (Å²) in [4.78, 5) is 26.0. The summed E-state index contributed by atoms with van der Waals surface area (Å²) in [5.41, 5.74) is 7.42. The van der Waals surface area contributed by atoms with Gasteiger partial charge in [-0.05, 0) is 11.1 Å². The summed E-state index contributed by atoms with van der Waals surface area (Å²) in [6, 6.07) is 18.1. The fourth-order valence-electron chi connectivity index (χ4n) is 2.82. The molecule has 6 heteroatoms. The Morgan fingerprint density at radius 2 is 1.72 bits per heavy atom. The molecule has 2 N–H and O–H groups in total. The van der Waals surface area contributed by atoms with Gasteiger partial charge in [0.2, 0.25) is 5.91 Å². The summed E-state index contributed by atoms with van der Waals surface area (Å²) in [7, 11) is 0. The Kier molecular flexibility index (Phi) is 5.09. The lowest BCUT2D eigenvalue weighted by atomic mass is 10.0. The molecule has 1 aliphatic rings. The lowest BCUT2D eigenvalue weighted by molar-refractivity contribution is -0.122. The van der Waals surface area contributed by atoms with E-state index in [1.54, 1.807) is 6.21 Å². The Morgan fingerprint density at radius 3 is 2.36 bits per heavy atom. The highest BCUT2D eigenvalue weighted by molar-refractivity contribution is 5.88. The molecule has 2 aromatic rings. The van der Waals surface area contributed by atoms with E-state index in [0.717, 1.165) is 11.1 Å². The van der Waals surface area contributed by atoms with Crippen LogP contribution in [0, 0.1) is 0 Å². The van der Waals surface area contributed by atoms with Crippen molar-refractivity contribution in [3.05, 3.63) is 71.8 Å². The Balaban J connectivity index is 1.70. The summed E-state index contributed by atoms with van der Waals surface area (Å²) in [6.45, 7) is 0.853. The number of amides is 3. The average molecular weight is 336 g/mol. The first kappa shape index (κ1) is 16.7. The Labute approximate surface area is 146 Å². The standard InChI is InChI=1S/C19H20N4O2/c20-18(24)17(13-15-7-3-1-4-8-15)22-11-12-23(19(22)25)21-14-16-9-5-2-6-10-16/h1-10,14,17H,11-13H2,(H2,20,24)/b21-14+/t17-/m0/s1. The van der Waals surface area contributed by atoms with Crippen LogP contribution in [-0.2, 0) is 11.2 Å². The summed E-state index contributed by atoms with van der Waals surface area (Å²) in [5, 5.41) is 5.61. The monoisotopic (exact) mass is 336 g/mol. The fraction of sp³-hybridized carbons (Fsp3) is 0.211. The van der Waals surface area contributed by atoms with Gasteiger partial charge in [0.25, 0.3) is 0 Å². The molecular weight excluding hydrogens is 316 g/mol. The first-order valence-electron chi connectivity index (χ1n) is 8.15. The first-order valence-corrected chi connectivity index (χ1v) is 8.15. The highest BCUT2D eigenvalue weighted by Crippen LogP contribution is 2.16. The quantitative estimate of drug-likeness (QED) is 0.817. The highest BCUT2D eigenvalue weighted by atomic mass is 16.2. The van der Waals surface area contributed by atoms with Crippen LogP contribution < -0.4 is 5.73 Å². The third-order valence-electron chi connectivity index (χ3n) is 4.14. The van der Waals surface area contributed by atoms with E-state index in [2.05, 4.69) is 5.10 Å². The Hall–Kier alpha value is -3.15. The number of rotatable bonds is 6. The van der Waals surface area contributed by atoms with Gasteiger partial charge in [-0.1, -0.05) is 60.7 Å². The van der Waals surface area contributed by atoms with E-state index in [4.69, 9.17) is 5.73 Å². The van der Waals surface area contributed by atoms with Crippen molar-refractivity contribution in [3.8, 4) is 0 Å². The van der Waals surface area contributed by atoms with Crippen LogP contribution in [0.1, 0.15) is 11.1 Å². The molecule has 3 amide bonds. The maximum Gasteiger partial charge on any atom is 0.341 e. The number of hydrazone groups is 1. The smallest absolute Gasteiger partial charge is 0.341 e. The predicted molar refractivity (Wildman–Crippen MR) is 96.0 cm³/mol. The topological polar surface area (TPSA) is 79.0 Å². The molecule has 3 rings (SSSR count). The summed E-state index contributed by atoms with van der Waals surface area (Å²) in [5.74, 6) is -0.508. The Morgan fingerprint density at radius 1 is 1.08 bits per heavy atom. The molecule has 1 heterocycles. The van der Waals surface area contributed by atoms with Crippen molar-refractivity contribution >= 4 is 18.2 Å². The number of benzene rings is 2. The van der Waals surface area contributed by atoms with E-state index >= 15 is 0 Å². The first-order chi connectivity index (χ1) is 12.1. The molecule has 1 aliphatic heterocycles. The number of hydrogen-bond acceptors (Lipinski definition) is 3. The summed E-state index contributed by atoms with van der Waals surface area (Å²) < 4.78 is 0. The molecule has 128 valence electrons. The minimum absolute atomic E-state index is 0.299. The fourth-order valence-corrected chi connectivity index (χ4v) is 2.82. The molecule has 6 nitrogen and oxygen atoms in total. The Bertz CT molecular complexity index is 762. The van der Waals surface area contributed by atoms with Crippen LogP contribution in [0.4, 0.5) is 4.79 Å². The molecule has 0 radical (unpaired) electrons. The van der Waals surface area contributed by atoms with Gasteiger partial charge in [-0.3, -0.25) is 4.79 Å².